The summed E-state index contributed by atoms with van der Waals surface area (Å²) in [6.45, 7) is 1.69. The maximum Gasteiger partial charge on any atom is 0.295 e. The minimum atomic E-state index is -0.513. The molecule has 0 spiro atoms. The fourth-order valence-corrected chi connectivity index (χ4v) is 2.72. The van der Waals surface area contributed by atoms with Crippen LogP contribution in [0.15, 0.2) is 60.7 Å². The average molecular weight is 337 g/mol. The molecule has 0 radical (unpaired) electrons. The van der Waals surface area contributed by atoms with Crippen molar-refractivity contribution in [3.8, 4) is 5.75 Å². The van der Waals surface area contributed by atoms with Gasteiger partial charge in [0.2, 0.25) is 0 Å². The molecule has 0 fully saturated rings. The topological polar surface area (TPSA) is 90.4 Å². The number of nitro benzene ring substituents is 1. The molecule has 3 N–H and O–H groups in total. The molecule has 3 rings (SSSR count). The molecule has 0 aliphatic heterocycles. The van der Waals surface area contributed by atoms with Gasteiger partial charge in [-0.3, -0.25) is 10.1 Å². The zero-order valence-corrected chi connectivity index (χ0v) is 13.6. The van der Waals surface area contributed by atoms with Gasteiger partial charge in [0, 0.05) is 19.2 Å². The van der Waals surface area contributed by atoms with Gasteiger partial charge < -0.3 is 15.8 Å². The third kappa shape index (κ3) is 3.87. The van der Waals surface area contributed by atoms with Crippen LogP contribution >= 0.6 is 0 Å². The standard InChI is InChI=1S/C19H19N3O3/c20-19-17(22(23)24)9-4-10-18(19)25-12-11-21-13-15-7-3-6-14-5-1-2-8-16(14)15/h1-10,21H,11-13,20H2. The molecular formula is C19H19N3O3. The van der Waals surface area contributed by atoms with E-state index in [4.69, 9.17) is 10.5 Å². The van der Waals surface area contributed by atoms with Crippen molar-refractivity contribution in [2.24, 2.45) is 0 Å². The Kier molecular flexibility index (Phi) is 5.11. The van der Waals surface area contributed by atoms with Gasteiger partial charge in [-0.15, -0.1) is 0 Å². The van der Waals surface area contributed by atoms with E-state index in [1.54, 1.807) is 12.1 Å². The van der Waals surface area contributed by atoms with Gasteiger partial charge in [0.25, 0.3) is 5.69 Å². The molecule has 0 saturated heterocycles. The Morgan fingerprint density at radius 3 is 2.64 bits per heavy atom. The Morgan fingerprint density at radius 2 is 1.80 bits per heavy atom. The summed E-state index contributed by atoms with van der Waals surface area (Å²) in [7, 11) is 0. The highest BCUT2D eigenvalue weighted by molar-refractivity contribution is 5.85. The predicted molar refractivity (Wildman–Crippen MR) is 98.7 cm³/mol. The van der Waals surface area contributed by atoms with Crippen molar-refractivity contribution in [3.63, 3.8) is 0 Å². The van der Waals surface area contributed by atoms with Crippen LogP contribution in [-0.2, 0) is 6.54 Å². The SMILES string of the molecule is Nc1c(OCCNCc2cccc3ccccc23)cccc1[N+](=O)[O-]. The molecule has 0 bridgehead atoms. The van der Waals surface area contributed by atoms with Gasteiger partial charge >= 0.3 is 0 Å². The lowest BCUT2D eigenvalue weighted by Gasteiger charge is -2.11. The van der Waals surface area contributed by atoms with Crippen LogP contribution in [0, 0.1) is 10.1 Å². The molecular weight excluding hydrogens is 318 g/mol. The smallest absolute Gasteiger partial charge is 0.295 e. The summed E-state index contributed by atoms with van der Waals surface area (Å²) in [6.07, 6.45) is 0. The quantitative estimate of drug-likeness (QED) is 0.298. The first-order valence-electron chi connectivity index (χ1n) is 8.00. The van der Waals surface area contributed by atoms with E-state index in [1.807, 2.05) is 18.2 Å². The number of anilines is 1. The molecule has 0 aromatic heterocycles. The van der Waals surface area contributed by atoms with Gasteiger partial charge in [-0.2, -0.15) is 0 Å². The van der Waals surface area contributed by atoms with Crippen LogP contribution in [0.5, 0.6) is 5.75 Å². The number of nitrogens with two attached hydrogens (primary N) is 1. The van der Waals surface area contributed by atoms with Crippen molar-refractivity contribution in [2.45, 2.75) is 6.54 Å². The molecule has 0 heterocycles. The van der Waals surface area contributed by atoms with E-state index in [-0.39, 0.29) is 11.4 Å². The van der Waals surface area contributed by atoms with Crippen molar-refractivity contribution in [1.29, 1.82) is 0 Å². The first kappa shape index (κ1) is 16.7. The van der Waals surface area contributed by atoms with Gasteiger partial charge in [0.15, 0.2) is 5.69 Å². The maximum absolute atomic E-state index is 10.9. The Balaban J connectivity index is 1.54. The molecule has 6 nitrogen and oxygen atoms in total. The summed E-state index contributed by atoms with van der Waals surface area (Å²) in [5.41, 5.74) is 6.90. The summed E-state index contributed by atoms with van der Waals surface area (Å²) >= 11 is 0. The third-order valence-electron chi connectivity index (χ3n) is 3.97. The minimum absolute atomic E-state index is 0.0570. The molecule has 3 aromatic rings. The van der Waals surface area contributed by atoms with Crippen molar-refractivity contribution >= 4 is 22.1 Å². The molecule has 6 heteroatoms. The van der Waals surface area contributed by atoms with E-state index in [0.717, 1.165) is 6.54 Å². The minimum Gasteiger partial charge on any atom is -0.490 e. The van der Waals surface area contributed by atoms with Gasteiger partial charge in [-0.25, -0.2) is 0 Å². The Bertz CT molecular complexity index is 891. The number of nitro groups is 1. The largest absolute Gasteiger partial charge is 0.490 e. The Hall–Kier alpha value is -3.12. The van der Waals surface area contributed by atoms with E-state index >= 15 is 0 Å². The molecule has 0 saturated carbocycles. The summed E-state index contributed by atoms with van der Waals surface area (Å²) in [5, 5.41) is 16.6. The van der Waals surface area contributed by atoms with Crippen molar-refractivity contribution in [3.05, 3.63) is 76.3 Å². The second kappa shape index (κ2) is 7.63. The molecule has 0 unspecified atom stereocenters. The highest BCUT2D eigenvalue weighted by Gasteiger charge is 2.14. The molecule has 0 amide bonds. The number of nitrogens with zero attached hydrogens (tertiary/aromatic N) is 1. The van der Waals surface area contributed by atoms with Crippen LogP contribution in [0.4, 0.5) is 11.4 Å². The van der Waals surface area contributed by atoms with Crippen LogP contribution in [0.3, 0.4) is 0 Å². The zero-order valence-electron chi connectivity index (χ0n) is 13.6. The first-order valence-corrected chi connectivity index (χ1v) is 8.00. The number of nitrogens with one attached hydrogen (secondary N) is 1. The highest BCUT2D eigenvalue weighted by Crippen LogP contribution is 2.30. The second-order valence-corrected chi connectivity index (χ2v) is 5.61. The number of hydrogen-bond acceptors (Lipinski definition) is 5. The van der Waals surface area contributed by atoms with Gasteiger partial charge in [0.05, 0.1) is 4.92 Å². The zero-order chi connectivity index (χ0) is 17.6. The number of ether oxygens (including phenoxy) is 1. The normalized spacial score (nSPS) is 10.7. The molecule has 3 aromatic carbocycles. The summed E-state index contributed by atoms with van der Waals surface area (Å²) in [4.78, 5) is 10.4. The Labute approximate surface area is 145 Å². The molecule has 25 heavy (non-hydrogen) atoms. The van der Waals surface area contributed by atoms with Crippen molar-refractivity contribution in [2.75, 3.05) is 18.9 Å². The molecule has 128 valence electrons. The number of rotatable bonds is 7. The van der Waals surface area contributed by atoms with E-state index < -0.39 is 4.92 Å². The number of fused-ring (bicyclic) bond motifs is 1. The van der Waals surface area contributed by atoms with Crippen LogP contribution in [-0.4, -0.2) is 18.1 Å². The lowest BCUT2D eigenvalue weighted by molar-refractivity contribution is -0.384. The summed E-state index contributed by atoms with van der Waals surface area (Å²) in [6, 6.07) is 19.0. The van der Waals surface area contributed by atoms with Gasteiger partial charge in [-0.05, 0) is 22.4 Å². The number of para-hydroxylation sites is 1. The van der Waals surface area contributed by atoms with Crippen LogP contribution in [0.1, 0.15) is 5.56 Å². The van der Waals surface area contributed by atoms with Crippen molar-refractivity contribution < 1.29 is 9.66 Å². The van der Waals surface area contributed by atoms with E-state index in [9.17, 15) is 10.1 Å². The fourth-order valence-electron chi connectivity index (χ4n) is 2.72. The first-order chi connectivity index (χ1) is 12.2. The van der Waals surface area contributed by atoms with Crippen LogP contribution in [0.25, 0.3) is 10.8 Å². The molecule has 0 aliphatic carbocycles. The lowest BCUT2D eigenvalue weighted by Crippen LogP contribution is -2.21. The monoisotopic (exact) mass is 337 g/mol. The predicted octanol–water partition coefficient (Wildman–Crippen LogP) is 3.50. The van der Waals surface area contributed by atoms with Crippen molar-refractivity contribution in [1.82, 2.24) is 5.32 Å². The summed E-state index contributed by atoms with van der Waals surface area (Å²) in [5.74, 6) is 0.334. The lowest BCUT2D eigenvalue weighted by atomic mass is 10.0. The van der Waals surface area contributed by atoms with E-state index in [0.29, 0.717) is 18.9 Å². The second-order valence-electron chi connectivity index (χ2n) is 5.61. The molecule has 0 atom stereocenters. The van der Waals surface area contributed by atoms with Crippen LogP contribution < -0.4 is 15.8 Å². The van der Waals surface area contributed by atoms with E-state index in [2.05, 4.69) is 29.6 Å². The summed E-state index contributed by atoms with van der Waals surface area (Å²) < 4.78 is 5.56. The number of hydrogen-bond donors (Lipinski definition) is 2. The van der Waals surface area contributed by atoms with Gasteiger partial charge in [0.1, 0.15) is 12.4 Å². The highest BCUT2D eigenvalue weighted by atomic mass is 16.6. The number of benzene rings is 3. The number of nitrogen functional groups attached to an aromatic ring is 1. The van der Waals surface area contributed by atoms with Gasteiger partial charge in [-0.1, -0.05) is 48.5 Å². The average Bonchev–Trinajstić information content (AvgIpc) is 2.62. The van der Waals surface area contributed by atoms with Crippen LogP contribution in [0.2, 0.25) is 0 Å². The fraction of sp³-hybridized carbons (Fsp3) is 0.158. The maximum atomic E-state index is 10.9. The van der Waals surface area contributed by atoms with E-state index in [1.165, 1.54) is 22.4 Å². The third-order valence-corrected chi connectivity index (χ3v) is 3.97. The molecule has 0 aliphatic rings. The Morgan fingerprint density at radius 1 is 1.04 bits per heavy atom.